The topological polar surface area (TPSA) is 61.7 Å². The second-order valence-corrected chi connectivity index (χ2v) is 3.06. The number of nitroso groups, excluding NO2 is 1. The molecule has 2 atom stereocenters. The first-order chi connectivity index (χ1) is 6.79. The molecule has 0 spiro atoms. The average Bonchev–Trinajstić information content (AvgIpc) is 2.26. The van der Waals surface area contributed by atoms with Crippen molar-refractivity contribution in [2.45, 2.75) is 12.1 Å². The summed E-state index contributed by atoms with van der Waals surface area (Å²) in [6.07, 6.45) is -0.695. The van der Waals surface area contributed by atoms with Crippen LogP contribution in [0.3, 0.4) is 0 Å². The second-order valence-electron chi connectivity index (χ2n) is 3.06. The molecule has 1 aromatic rings. The van der Waals surface area contributed by atoms with E-state index in [1.165, 1.54) is 0 Å². The molecule has 0 saturated carbocycles. The molecule has 0 aromatic heterocycles. The lowest BCUT2D eigenvalue weighted by Crippen LogP contribution is -2.34. The number of benzene rings is 1. The van der Waals surface area contributed by atoms with Crippen molar-refractivity contribution in [3.05, 3.63) is 40.8 Å². The van der Waals surface area contributed by atoms with E-state index in [0.29, 0.717) is 0 Å². The van der Waals surface area contributed by atoms with Gasteiger partial charge in [-0.2, -0.15) is 4.91 Å². The van der Waals surface area contributed by atoms with Gasteiger partial charge in [0.15, 0.2) is 0 Å². The van der Waals surface area contributed by atoms with E-state index in [0.717, 1.165) is 5.56 Å². The Morgan fingerprint density at radius 2 is 2.07 bits per heavy atom. The third-order valence-electron chi connectivity index (χ3n) is 2.16. The van der Waals surface area contributed by atoms with Crippen molar-refractivity contribution >= 4 is 0 Å². The fourth-order valence-corrected chi connectivity index (χ4v) is 1.31. The number of likely N-dealkylation sites (N-methyl/N-ethyl adjacent to an activating group) is 1. The van der Waals surface area contributed by atoms with Gasteiger partial charge in [0.25, 0.3) is 0 Å². The van der Waals surface area contributed by atoms with Crippen molar-refractivity contribution in [1.29, 1.82) is 0 Å². The molecule has 0 amide bonds. The number of rotatable bonds is 5. The predicted molar refractivity (Wildman–Crippen MR) is 54.9 cm³/mol. The number of aliphatic hydroxyl groups excluding tert-OH is 1. The molecule has 0 saturated heterocycles. The van der Waals surface area contributed by atoms with Gasteiger partial charge in [-0.15, -0.1) is 0 Å². The van der Waals surface area contributed by atoms with Crippen LogP contribution in [0.25, 0.3) is 0 Å². The lowest BCUT2D eigenvalue weighted by Gasteiger charge is -2.19. The highest BCUT2D eigenvalue weighted by Gasteiger charge is 2.18. The van der Waals surface area contributed by atoms with Gasteiger partial charge in [0.1, 0.15) is 0 Å². The quantitative estimate of drug-likeness (QED) is 0.689. The van der Waals surface area contributed by atoms with Crippen molar-refractivity contribution in [3.63, 3.8) is 0 Å². The molecule has 0 fully saturated rings. The minimum atomic E-state index is -0.695. The zero-order valence-corrected chi connectivity index (χ0v) is 8.05. The second kappa shape index (κ2) is 5.47. The lowest BCUT2D eigenvalue weighted by atomic mass is 10.0. The fourth-order valence-electron chi connectivity index (χ4n) is 1.31. The number of nitrogens with one attached hydrogen (secondary N) is 1. The van der Waals surface area contributed by atoms with Crippen LogP contribution in [-0.2, 0) is 0 Å². The lowest BCUT2D eigenvalue weighted by molar-refractivity contribution is 0.135. The van der Waals surface area contributed by atoms with Crippen molar-refractivity contribution in [3.8, 4) is 0 Å². The summed E-state index contributed by atoms with van der Waals surface area (Å²) in [4.78, 5) is 10.1. The summed E-state index contributed by atoms with van der Waals surface area (Å²) >= 11 is 0. The Balaban J connectivity index is 2.72. The highest BCUT2D eigenvalue weighted by molar-refractivity contribution is 5.18. The van der Waals surface area contributed by atoms with Crippen LogP contribution in [0.2, 0.25) is 0 Å². The van der Waals surface area contributed by atoms with Gasteiger partial charge in [-0.1, -0.05) is 35.5 Å². The number of aliphatic hydroxyl groups is 1. The van der Waals surface area contributed by atoms with Crippen LogP contribution in [0, 0.1) is 4.91 Å². The molecule has 4 heteroatoms. The van der Waals surface area contributed by atoms with Gasteiger partial charge in [-0.3, -0.25) is 0 Å². The Hall–Kier alpha value is -1.26. The van der Waals surface area contributed by atoms with Gasteiger partial charge in [0, 0.05) is 0 Å². The van der Waals surface area contributed by atoms with E-state index >= 15 is 0 Å². The van der Waals surface area contributed by atoms with Crippen LogP contribution in [0.4, 0.5) is 0 Å². The first kappa shape index (κ1) is 10.8. The van der Waals surface area contributed by atoms with Crippen LogP contribution in [0.1, 0.15) is 11.7 Å². The average molecular weight is 194 g/mol. The molecule has 2 N–H and O–H groups in total. The maximum Gasteiger partial charge on any atom is 0.0992 e. The molecule has 0 unspecified atom stereocenters. The molecule has 0 heterocycles. The highest BCUT2D eigenvalue weighted by atomic mass is 16.3. The van der Waals surface area contributed by atoms with Crippen LogP contribution in [0.15, 0.2) is 35.5 Å². The fraction of sp³-hybridized carbons (Fsp3) is 0.400. The highest BCUT2D eigenvalue weighted by Crippen LogP contribution is 2.16. The molecule has 4 nitrogen and oxygen atoms in total. The number of hydrogen-bond donors (Lipinski definition) is 2. The Morgan fingerprint density at radius 1 is 1.43 bits per heavy atom. The summed E-state index contributed by atoms with van der Waals surface area (Å²) in [7, 11) is 1.70. The predicted octanol–water partition coefficient (Wildman–Crippen LogP) is 1.07. The molecule has 14 heavy (non-hydrogen) atoms. The summed E-state index contributed by atoms with van der Waals surface area (Å²) in [6.45, 7) is 0.0621. The van der Waals surface area contributed by atoms with Crippen molar-refractivity contribution in [1.82, 2.24) is 5.32 Å². The first-order valence-corrected chi connectivity index (χ1v) is 4.49. The summed E-state index contributed by atoms with van der Waals surface area (Å²) < 4.78 is 0. The number of hydrogen-bond acceptors (Lipinski definition) is 4. The minimum absolute atomic E-state index is 0.0621. The van der Waals surface area contributed by atoms with E-state index in [4.69, 9.17) is 0 Å². The van der Waals surface area contributed by atoms with E-state index in [2.05, 4.69) is 10.5 Å². The minimum Gasteiger partial charge on any atom is -0.387 e. The normalized spacial score (nSPS) is 14.7. The Bertz CT molecular complexity index is 277. The summed E-state index contributed by atoms with van der Waals surface area (Å²) in [6, 6.07) is 8.89. The first-order valence-electron chi connectivity index (χ1n) is 4.49. The van der Waals surface area contributed by atoms with Gasteiger partial charge in [-0.05, 0) is 12.6 Å². The van der Waals surface area contributed by atoms with Gasteiger partial charge in [0.2, 0.25) is 0 Å². The molecule has 1 rings (SSSR count). The Kier molecular flexibility index (Phi) is 4.22. The molecule has 0 aliphatic rings. The van der Waals surface area contributed by atoms with Crippen molar-refractivity contribution < 1.29 is 5.11 Å². The van der Waals surface area contributed by atoms with Gasteiger partial charge >= 0.3 is 0 Å². The zero-order valence-electron chi connectivity index (χ0n) is 8.05. The van der Waals surface area contributed by atoms with E-state index in [-0.39, 0.29) is 12.6 Å². The third-order valence-corrected chi connectivity index (χ3v) is 2.16. The zero-order chi connectivity index (χ0) is 10.4. The molecule has 76 valence electrons. The monoisotopic (exact) mass is 194 g/mol. The summed E-state index contributed by atoms with van der Waals surface area (Å²) in [5.41, 5.74) is 0.788. The van der Waals surface area contributed by atoms with Crippen LogP contribution in [-0.4, -0.2) is 24.7 Å². The Labute approximate surface area is 82.9 Å². The molecule has 0 bridgehead atoms. The third kappa shape index (κ3) is 2.61. The number of nitrogens with zero attached hydrogens (tertiary/aromatic N) is 1. The van der Waals surface area contributed by atoms with Gasteiger partial charge < -0.3 is 10.4 Å². The van der Waals surface area contributed by atoms with Crippen molar-refractivity contribution in [2.75, 3.05) is 13.6 Å². The molecular weight excluding hydrogens is 180 g/mol. The van der Waals surface area contributed by atoms with Crippen LogP contribution >= 0.6 is 0 Å². The molecule has 0 aliphatic heterocycles. The summed E-state index contributed by atoms with van der Waals surface area (Å²) in [5.74, 6) is 0. The molecule has 0 aliphatic carbocycles. The summed E-state index contributed by atoms with van der Waals surface area (Å²) in [5, 5.41) is 15.5. The smallest absolute Gasteiger partial charge is 0.0992 e. The standard InChI is InChI=1S/C10H14N2O2/c1-11-9(7-12-14)10(13)8-5-3-2-4-6-8/h2-6,9-11,13H,7H2,1H3/t9-,10+/m0/s1. The SMILES string of the molecule is CN[C@@H](CN=O)[C@H](O)c1ccccc1. The van der Waals surface area contributed by atoms with Crippen molar-refractivity contribution in [2.24, 2.45) is 5.18 Å². The van der Waals surface area contributed by atoms with Gasteiger partial charge in [-0.25, -0.2) is 0 Å². The molecular formula is C10H14N2O2. The maximum absolute atomic E-state index is 10.1. The molecule has 0 radical (unpaired) electrons. The van der Waals surface area contributed by atoms with E-state index < -0.39 is 6.10 Å². The van der Waals surface area contributed by atoms with Crippen LogP contribution < -0.4 is 5.32 Å². The molecule has 1 aromatic carbocycles. The largest absolute Gasteiger partial charge is 0.387 e. The van der Waals surface area contributed by atoms with E-state index in [9.17, 15) is 10.0 Å². The van der Waals surface area contributed by atoms with Crippen LogP contribution in [0.5, 0.6) is 0 Å². The van der Waals surface area contributed by atoms with Gasteiger partial charge in [0.05, 0.1) is 18.7 Å². The Morgan fingerprint density at radius 3 is 2.57 bits per heavy atom. The van der Waals surface area contributed by atoms with E-state index in [1.807, 2.05) is 30.3 Å². The maximum atomic E-state index is 10.1. The van der Waals surface area contributed by atoms with E-state index in [1.54, 1.807) is 7.05 Å².